The summed E-state index contributed by atoms with van der Waals surface area (Å²) in [5.74, 6) is -0.986. The number of fused-ring (bicyclic) bond motifs is 1. The minimum Gasteiger partial charge on any atom is -0.390 e. The number of aliphatic hydroxyl groups excluding tert-OH is 1. The second-order valence-electron chi connectivity index (χ2n) is 6.52. The highest BCUT2D eigenvalue weighted by Crippen LogP contribution is 2.37. The maximum absolute atomic E-state index is 13.8. The van der Waals surface area contributed by atoms with Gasteiger partial charge in [-0.1, -0.05) is 0 Å². The van der Waals surface area contributed by atoms with Gasteiger partial charge in [0.2, 0.25) is 0 Å². The summed E-state index contributed by atoms with van der Waals surface area (Å²) in [5, 5.41) is 10.3. The topological polar surface area (TPSA) is 35.9 Å². The van der Waals surface area contributed by atoms with E-state index < -0.39 is 17.7 Å². The van der Waals surface area contributed by atoms with E-state index in [2.05, 4.69) is 4.90 Å². The molecular weight excluding hydrogens is 302 g/mol. The van der Waals surface area contributed by atoms with Crippen LogP contribution in [0.25, 0.3) is 0 Å². The summed E-state index contributed by atoms with van der Waals surface area (Å²) in [6, 6.07) is 2.35. The molecule has 128 valence electrons. The summed E-state index contributed by atoms with van der Waals surface area (Å²) in [6.45, 7) is 4.17. The largest absolute Gasteiger partial charge is 0.390 e. The van der Waals surface area contributed by atoms with Crippen LogP contribution in [0.5, 0.6) is 0 Å². The molecule has 1 aromatic carbocycles. The van der Waals surface area contributed by atoms with Gasteiger partial charge < -0.3 is 9.84 Å². The molecule has 3 rings (SSSR count). The highest BCUT2D eigenvalue weighted by molar-refractivity contribution is 5.36. The summed E-state index contributed by atoms with van der Waals surface area (Å²) in [4.78, 5) is 4.19. The van der Waals surface area contributed by atoms with E-state index in [0.717, 1.165) is 31.1 Å². The van der Waals surface area contributed by atoms with Gasteiger partial charge in [0, 0.05) is 38.3 Å². The van der Waals surface area contributed by atoms with Gasteiger partial charge in [0.25, 0.3) is 0 Å². The van der Waals surface area contributed by atoms with E-state index >= 15 is 0 Å². The first-order valence-electron chi connectivity index (χ1n) is 8.21. The first-order chi connectivity index (χ1) is 11.0. The van der Waals surface area contributed by atoms with E-state index in [-0.39, 0.29) is 6.04 Å². The average molecular weight is 326 g/mol. The van der Waals surface area contributed by atoms with Gasteiger partial charge in [0.15, 0.2) is 0 Å². The molecule has 2 atom stereocenters. The minimum atomic E-state index is -0.532. The summed E-state index contributed by atoms with van der Waals surface area (Å²) >= 11 is 0. The smallest absolute Gasteiger partial charge is 0.129 e. The summed E-state index contributed by atoms with van der Waals surface area (Å²) in [5.41, 5.74) is 1.34. The van der Waals surface area contributed by atoms with E-state index in [1.54, 1.807) is 0 Å². The molecule has 0 unspecified atom stereocenters. The first kappa shape index (κ1) is 16.8. The lowest BCUT2D eigenvalue weighted by atomic mass is 10.1. The molecule has 0 aromatic heterocycles. The second-order valence-corrected chi connectivity index (χ2v) is 6.52. The van der Waals surface area contributed by atoms with E-state index in [1.807, 2.05) is 11.9 Å². The molecule has 0 spiro atoms. The molecule has 0 saturated carbocycles. The lowest BCUT2D eigenvalue weighted by molar-refractivity contribution is 0.00573. The number of β-amino-alcohol motifs (C(OH)–C–C–N with tert-alkyl or cyclic N) is 1. The zero-order valence-corrected chi connectivity index (χ0v) is 13.5. The Labute approximate surface area is 135 Å². The maximum atomic E-state index is 13.8. The third kappa shape index (κ3) is 3.88. The zero-order chi connectivity index (χ0) is 16.4. The number of hydrogen-bond donors (Lipinski definition) is 1. The number of likely N-dealkylation sites (N-methyl/N-ethyl adjacent to an activating group) is 1. The van der Waals surface area contributed by atoms with Crippen LogP contribution in [0.3, 0.4) is 0 Å². The predicted molar refractivity (Wildman–Crippen MR) is 83.3 cm³/mol. The van der Waals surface area contributed by atoms with Crippen molar-refractivity contribution in [3.05, 3.63) is 34.9 Å². The maximum Gasteiger partial charge on any atom is 0.129 e. The standard InChI is InChI=1S/C17H24F2N2O2/c1-20(10-13(22)11-21-4-6-23-7-5-21)17-3-2-14-15(17)8-12(18)9-16(14)19/h8-9,13,17,22H,2-7,10-11H2,1H3/t13-,17+/m1/s1. The van der Waals surface area contributed by atoms with Gasteiger partial charge in [-0.2, -0.15) is 0 Å². The predicted octanol–water partition coefficient (Wildman–Crippen LogP) is 1.58. The highest BCUT2D eigenvalue weighted by atomic mass is 19.1. The molecule has 2 aliphatic rings. The Hall–Kier alpha value is -1.08. The minimum absolute atomic E-state index is 0.0328. The Morgan fingerprint density at radius 1 is 1.35 bits per heavy atom. The molecule has 1 aliphatic carbocycles. The van der Waals surface area contributed by atoms with Crippen molar-refractivity contribution in [2.45, 2.75) is 25.0 Å². The fraction of sp³-hybridized carbons (Fsp3) is 0.647. The Kier molecular flexibility index (Phi) is 5.26. The van der Waals surface area contributed by atoms with Crippen LogP contribution in [-0.4, -0.2) is 67.5 Å². The lowest BCUT2D eigenvalue weighted by Gasteiger charge is -2.32. The highest BCUT2D eigenvalue weighted by Gasteiger charge is 2.30. The SMILES string of the molecule is CN(C[C@@H](O)CN1CCOCC1)[C@H]1CCc2c(F)cc(F)cc21. The summed E-state index contributed by atoms with van der Waals surface area (Å²) in [6.07, 6.45) is 0.896. The van der Waals surface area contributed by atoms with Crippen LogP contribution in [0.15, 0.2) is 12.1 Å². The van der Waals surface area contributed by atoms with Crippen molar-refractivity contribution >= 4 is 0 Å². The molecular formula is C17H24F2N2O2. The molecule has 1 aliphatic heterocycles. The van der Waals surface area contributed by atoms with Gasteiger partial charge in [-0.3, -0.25) is 9.80 Å². The van der Waals surface area contributed by atoms with Crippen LogP contribution in [0.2, 0.25) is 0 Å². The fourth-order valence-corrected chi connectivity index (χ4v) is 3.68. The number of morpholine rings is 1. The van der Waals surface area contributed by atoms with E-state index in [0.29, 0.717) is 38.3 Å². The third-order valence-corrected chi connectivity index (χ3v) is 4.82. The molecule has 0 amide bonds. The van der Waals surface area contributed by atoms with Crippen LogP contribution >= 0.6 is 0 Å². The number of halogens is 2. The number of nitrogens with zero attached hydrogens (tertiary/aromatic N) is 2. The normalized spacial score (nSPS) is 23.3. The quantitative estimate of drug-likeness (QED) is 0.891. The molecule has 4 nitrogen and oxygen atoms in total. The first-order valence-corrected chi connectivity index (χ1v) is 8.21. The number of ether oxygens (including phenoxy) is 1. The van der Waals surface area contributed by atoms with Crippen molar-refractivity contribution < 1.29 is 18.6 Å². The van der Waals surface area contributed by atoms with Gasteiger partial charge in [0.1, 0.15) is 11.6 Å². The van der Waals surface area contributed by atoms with Crippen molar-refractivity contribution in [3.63, 3.8) is 0 Å². The van der Waals surface area contributed by atoms with Crippen LogP contribution in [0, 0.1) is 11.6 Å². The lowest BCUT2D eigenvalue weighted by Crippen LogP contribution is -2.44. The number of rotatable bonds is 5. The monoisotopic (exact) mass is 326 g/mol. The molecule has 23 heavy (non-hydrogen) atoms. The molecule has 1 aromatic rings. The Balaban J connectivity index is 1.60. The van der Waals surface area contributed by atoms with Crippen molar-refractivity contribution in [2.75, 3.05) is 46.4 Å². The van der Waals surface area contributed by atoms with Crippen LogP contribution in [-0.2, 0) is 11.2 Å². The molecule has 1 saturated heterocycles. The average Bonchev–Trinajstić information content (AvgIpc) is 2.92. The Bertz CT molecular complexity index is 550. The number of hydrogen-bond acceptors (Lipinski definition) is 4. The van der Waals surface area contributed by atoms with Crippen LogP contribution in [0.4, 0.5) is 8.78 Å². The van der Waals surface area contributed by atoms with E-state index in [1.165, 1.54) is 6.07 Å². The second kappa shape index (κ2) is 7.21. The molecule has 0 bridgehead atoms. The van der Waals surface area contributed by atoms with Crippen molar-refractivity contribution in [1.29, 1.82) is 0 Å². The summed E-state index contributed by atoms with van der Waals surface area (Å²) in [7, 11) is 1.91. The zero-order valence-electron chi connectivity index (χ0n) is 13.5. The molecule has 1 heterocycles. The molecule has 1 fully saturated rings. The van der Waals surface area contributed by atoms with Crippen molar-refractivity contribution in [3.8, 4) is 0 Å². The van der Waals surface area contributed by atoms with E-state index in [4.69, 9.17) is 4.74 Å². The fourth-order valence-electron chi connectivity index (χ4n) is 3.68. The van der Waals surface area contributed by atoms with Crippen LogP contribution < -0.4 is 0 Å². The Morgan fingerprint density at radius 2 is 2.09 bits per heavy atom. The van der Waals surface area contributed by atoms with Crippen molar-refractivity contribution in [2.24, 2.45) is 0 Å². The number of aliphatic hydroxyl groups is 1. The van der Waals surface area contributed by atoms with Crippen LogP contribution in [0.1, 0.15) is 23.6 Å². The molecule has 0 radical (unpaired) electrons. The van der Waals surface area contributed by atoms with Gasteiger partial charge in [-0.25, -0.2) is 8.78 Å². The Morgan fingerprint density at radius 3 is 2.83 bits per heavy atom. The summed E-state index contributed by atoms with van der Waals surface area (Å²) < 4.78 is 32.6. The van der Waals surface area contributed by atoms with Gasteiger partial charge in [-0.05, 0) is 37.1 Å². The third-order valence-electron chi connectivity index (χ3n) is 4.82. The van der Waals surface area contributed by atoms with Gasteiger partial charge in [-0.15, -0.1) is 0 Å². The molecule has 1 N–H and O–H groups in total. The van der Waals surface area contributed by atoms with E-state index in [9.17, 15) is 13.9 Å². The van der Waals surface area contributed by atoms with Crippen molar-refractivity contribution in [1.82, 2.24) is 9.80 Å². The van der Waals surface area contributed by atoms with Gasteiger partial charge in [0.05, 0.1) is 19.3 Å². The van der Waals surface area contributed by atoms with Gasteiger partial charge >= 0.3 is 0 Å². The number of benzene rings is 1. The molecule has 6 heteroatoms.